The average molecular weight is 214 g/mol. The van der Waals surface area contributed by atoms with Crippen LogP contribution >= 0.6 is 11.3 Å². The Morgan fingerprint density at radius 2 is 2.36 bits per heavy atom. The van der Waals surface area contributed by atoms with Gasteiger partial charge >= 0.3 is 5.97 Å². The van der Waals surface area contributed by atoms with E-state index in [4.69, 9.17) is 10.8 Å². The third kappa shape index (κ3) is 2.52. The second-order valence-electron chi connectivity index (χ2n) is 3.12. The van der Waals surface area contributed by atoms with Gasteiger partial charge in [-0.1, -0.05) is 6.92 Å². The minimum atomic E-state index is -0.962. The van der Waals surface area contributed by atoms with Crippen molar-refractivity contribution in [3.05, 3.63) is 15.6 Å². The lowest BCUT2D eigenvalue weighted by molar-refractivity contribution is -0.138. The summed E-state index contributed by atoms with van der Waals surface area (Å²) in [4.78, 5) is 15.8. The van der Waals surface area contributed by atoms with Gasteiger partial charge < -0.3 is 10.8 Å². The molecule has 0 spiro atoms. The predicted octanol–water partition coefficient (Wildman–Crippen LogP) is 0.968. The highest BCUT2D eigenvalue weighted by atomic mass is 32.1. The Hall–Kier alpha value is -0.940. The molecule has 0 aromatic carbocycles. The molecule has 0 saturated heterocycles. The lowest BCUT2D eigenvalue weighted by atomic mass is 10.2. The van der Waals surface area contributed by atoms with Crippen molar-refractivity contribution < 1.29 is 9.90 Å². The second kappa shape index (κ2) is 4.52. The van der Waals surface area contributed by atoms with Crippen LogP contribution in [0.1, 0.15) is 22.5 Å². The molecule has 0 aliphatic rings. The highest BCUT2D eigenvalue weighted by Crippen LogP contribution is 2.19. The van der Waals surface area contributed by atoms with Crippen LogP contribution in [0, 0.1) is 6.92 Å². The van der Waals surface area contributed by atoms with Crippen LogP contribution in [-0.2, 0) is 17.6 Å². The molecule has 1 aromatic heterocycles. The fraction of sp³-hybridized carbons (Fsp3) is 0.556. The number of aryl methyl sites for hydroxylation is 2. The van der Waals surface area contributed by atoms with Gasteiger partial charge in [-0.3, -0.25) is 4.79 Å². The Labute approximate surface area is 86.8 Å². The summed E-state index contributed by atoms with van der Waals surface area (Å²) in [5, 5.41) is 9.69. The average Bonchev–Trinajstić information content (AvgIpc) is 2.47. The van der Waals surface area contributed by atoms with Crippen LogP contribution < -0.4 is 5.73 Å². The minimum Gasteiger partial charge on any atom is -0.480 e. The van der Waals surface area contributed by atoms with E-state index in [1.165, 1.54) is 0 Å². The van der Waals surface area contributed by atoms with E-state index < -0.39 is 12.0 Å². The highest BCUT2D eigenvalue weighted by Gasteiger charge is 2.16. The summed E-state index contributed by atoms with van der Waals surface area (Å²) in [5.74, 6) is -0.962. The molecule has 0 radical (unpaired) electrons. The molecule has 4 nitrogen and oxygen atoms in total. The number of carbonyl (C=O) groups is 1. The Morgan fingerprint density at radius 3 is 2.79 bits per heavy atom. The molecular formula is C9H14N2O2S. The number of aromatic nitrogens is 1. The topological polar surface area (TPSA) is 76.2 Å². The van der Waals surface area contributed by atoms with Crippen LogP contribution in [0.25, 0.3) is 0 Å². The van der Waals surface area contributed by atoms with Gasteiger partial charge in [0.1, 0.15) is 6.04 Å². The molecule has 78 valence electrons. The van der Waals surface area contributed by atoms with E-state index in [2.05, 4.69) is 4.98 Å². The van der Waals surface area contributed by atoms with Crippen LogP contribution in [0.15, 0.2) is 0 Å². The van der Waals surface area contributed by atoms with Crippen LogP contribution in [0.3, 0.4) is 0 Å². The third-order valence-corrected chi connectivity index (χ3v) is 3.29. The normalized spacial score (nSPS) is 12.8. The molecule has 5 heteroatoms. The molecule has 1 atom stereocenters. The first-order chi connectivity index (χ1) is 6.54. The van der Waals surface area contributed by atoms with E-state index in [0.29, 0.717) is 6.42 Å². The van der Waals surface area contributed by atoms with Gasteiger partial charge in [-0.25, -0.2) is 4.98 Å². The van der Waals surface area contributed by atoms with E-state index in [0.717, 1.165) is 22.0 Å². The van der Waals surface area contributed by atoms with Gasteiger partial charge in [0.2, 0.25) is 0 Å². The molecule has 1 aromatic rings. The summed E-state index contributed by atoms with van der Waals surface area (Å²) < 4.78 is 0. The van der Waals surface area contributed by atoms with Crippen molar-refractivity contribution in [2.24, 2.45) is 5.73 Å². The Morgan fingerprint density at radius 1 is 1.71 bits per heavy atom. The molecule has 0 fully saturated rings. The first-order valence-corrected chi connectivity index (χ1v) is 5.29. The molecule has 14 heavy (non-hydrogen) atoms. The molecule has 0 aliphatic carbocycles. The van der Waals surface area contributed by atoms with Gasteiger partial charge in [0, 0.05) is 11.3 Å². The standard InChI is InChI=1S/C9H14N2O2S/c1-3-8-11-5(2)7(14-8)4-6(10)9(12)13/h6H,3-4,10H2,1-2H3,(H,12,13). The molecule has 0 bridgehead atoms. The van der Waals surface area contributed by atoms with Gasteiger partial charge in [-0.2, -0.15) is 0 Å². The fourth-order valence-corrected chi connectivity index (χ4v) is 2.18. The van der Waals surface area contributed by atoms with Gasteiger partial charge in [0.15, 0.2) is 0 Å². The van der Waals surface area contributed by atoms with Gasteiger partial charge in [0.25, 0.3) is 0 Å². The number of hydrogen-bond donors (Lipinski definition) is 2. The summed E-state index contributed by atoms with van der Waals surface area (Å²) in [6.07, 6.45) is 1.26. The first kappa shape index (κ1) is 11.1. The second-order valence-corrected chi connectivity index (χ2v) is 4.29. The Bertz CT molecular complexity index is 336. The van der Waals surface area contributed by atoms with Crippen LogP contribution in [0.4, 0.5) is 0 Å². The van der Waals surface area contributed by atoms with Gasteiger partial charge in [-0.05, 0) is 13.3 Å². The molecule has 0 saturated carbocycles. The quantitative estimate of drug-likeness (QED) is 0.783. The fourth-order valence-electron chi connectivity index (χ4n) is 1.12. The Balaban J connectivity index is 2.75. The van der Waals surface area contributed by atoms with E-state index in [9.17, 15) is 4.79 Å². The van der Waals surface area contributed by atoms with Gasteiger partial charge in [-0.15, -0.1) is 11.3 Å². The van der Waals surface area contributed by atoms with E-state index in [1.54, 1.807) is 11.3 Å². The van der Waals surface area contributed by atoms with E-state index >= 15 is 0 Å². The number of nitrogens with zero attached hydrogens (tertiary/aromatic N) is 1. The lowest BCUT2D eigenvalue weighted by Gasteiger charge is -2.03. The number of hydrogen-bond acceptors (Lipinski definition) is 4. The number of carboxylic acid groups (broad SMARTS) is 1. The highest BCUT2D eigenvalue weighted by molar-refractivity contribution is 7.11. The van der Waals surface area contributed by atoms with E-state index in [1.807, 2.05) is 13.8 Å². The van der Waals surface area contributed by atoms with E-state index in [-0.39, 0.29) is 0 Å². The predicted molar refractivity (Wildman–Crippen MR) is 55.5 cm³/mol. The van der Waals surface area contributed by atoms with Crippen molar-refractivity contribution in [2.75, 3.05) is 0 Å². The van der Waals surface area contributed by atoms with Crippen LogP contribution in [-0.4, -0.2) is 22.1 Å². The number of rotatable bonds is 4. The molecule has 3 N–H and O–H groups in total. The summed E-state index contributed by atoms with van der Waals surface area (Å²) in [7, 11) is 0. The molecule has 1 heterocycles. The van der Waals surface area contributed by atoms with Crippen LogP contribution in [0.2, 0.25) is 0 Å². The maximum atomic E-state index is 10.6. The monoisotopic (exact) mass is 214 g/mol. The zero-order valence-corrected chi connectivity index (χ0v) is 9.10. The third-order valence-electron chi connectivity index (χ3n) is 1.96. The van der Waals surface area contributed by atoms with Crippen molar-refractivity contribution in [1.29, 1.82) is 0 Å². The molecule has 0 amide bonds. The molecule has 1 rings (SSSR count). The van der Waals surface area contributed by atoms with Crippen LogP contribution in [0.5, 0.6) is 0 Å². The summed E-state index contributed by atoms with van der Waals surface area (Å²) in [6, 6.07) is -0.821. The number of carboxylic acids is 1. The van der Waals surface area contributed by atoms with Gasteiger partial charge in [0.05, 0.1) is 10.7 Å². The number of thiazole rings is 1. The molecule has 1 unspecified atom stereocenters. The zero-order valence-electron chi connectivity index (χ0n) is 8.28. The van der Waals surface area contributed by atoms with Crippen molar-refractivity contribution in [2.45, 2.75) is 32.7 Å². The summed E-state index contributed by atoms with van der Waals surface area (Å²) in [6.45, 7) is 3.92. The molecular weight excluding hydrogens is 200 g/mol. The van der Waals surface area contributed by atoms with Crippen molar-refractivity contribution in [3.63, 3.8) is 0 Å². The van der Waals surface area contributed by atoms with Crippen molar-refractivity contribution >= 4 is 17.3 Å². The lowest BCUT2D eigenvalue weighted by Crippen LogP contribution is -2.32. The van der Waals surface area contributed by atoms with Crippen molar-refractivity contribution in [3.8, 4) is 0 Å². The molecule has 0 aliphatic heterocycles. The van der Waals surface area contributed by atoms with Crippen molar-refractivity contribution in [1.82, 2.24) is 4.98 Å². The minimum absolute atomic E-state index is 0.374. The zero-order chi connectivity index (χ0) is 10.7. The first-order valence-electron chi connectivity index (χ1n) is 4.48. The summed E-state index contributed by atoms with van der Waals surface area (Å²) >= 11 is 1.55. The summed E-state index contributed by atoms with van der Waals surface area (Å²) in [5.41, 5.74) is 6.35. The maximum absolute atomic E-state index is 10.6. The SMILES string of the molecule is CCc1nc(C)c(CC(N)C(=O)O)s1. The maximum Gasteiger partial charge on any atom is 0.320 e. The number of nitrogens with two attached hydrogens (primary N) is 1. The number of aliphatic carboxylic acids is 1. The smallest absolute Gasteiger partial charge is 0.320 e. The largest absolute Gasteiger partial charge is 0.480 e. The Kier molecular flexibility index (Phi) is 3.60.